The van der Waals surface area contributed by atoms with Crippen LogP contribution >= 0.6 is 0 Å². The van der Waals surface area contributed by atoms with Crippen molar-refractivity contribution in [1.82, 2.24) is 4.90 Å². The van der Waals surface area contributed by atoms with Crippen LogP contribution in [0.25, 0.3) is 0 Å². The number of anilines is 1. The minimum Gasteiger partial charge on any atom is -0.363 e. The van der Waals surface area contributed by atoms with Crippen LogP contribution in [-0.4, -0.2) is 37.0 Å². The van der Waals surface area contributed by atoms with E-state index >= 15 is 0 Å². The second-order valence-electron chi connectivity index (χ2n) is 5.12. The molecule has 2 aromatic carbocycles. The van der Waals surface area contributed by atoms with E-state index in [1.807, 2.05) is 0 Å². The van der Waals surface area contributed by atoms with Gasteiger partial charge < -0.3 is 10.2 Å². The molecule has 0 aromatic heterocycles. The number of rotatable bonds is 4. The first-order valence-electron chi connectivity index (χ1n) is 6.84. The predicted octanol–water partition coefficient (Wildman–Crippen LogP) is 2.78. The van der Waals surface area contributed by atoms with E-state index in [0.717, 1.165) is 6.07 Å². The molecule has 2 N–H and O–H groups in total. The third kappa shape index (κ3) is 3.79. The Morgan fingerprint density at radius 1 is 1.13 bits per heavy atom. The standard InChI is InChI=1S/C17H16FN3O2/c1-21(2)16(19)11-3-5-12(6-4-11)17(23)20-15-8-7-14(18)9-13(15)10-22/h3-10,19H,1-2H3,(H,20,23). The Morgan fingerprint density at radius 2 is 1.74 bits per heavy atom. The second kappa shape index (κ2) is 6.83. The molecular weight excluding hydrogens is 297 g/mol. The molecule has 118 valence electrons. The quantitative estimate of drug-likeness (QED) is 0.518. The molecular formula is C17H16FN3O2. The molecule has 0 radical (unpaired) electrons. The normalized spacial score (nSPS) is 10.0. The number of aldehydes is 1. The number of amides is 1. The van der Waals surface area contributed by atoms with Gasteiger partial charge in [-0.2, -0.15) is 0 Å². The van der Waals surface area contributed by atoms with Crippen LogP contribution in [0.1, 0.15) is 26.3 Å². The van der Waals surface area contributed by atoms with Crippen molar-refractivity contribution in [2.24, 2.45) is 0 Å². The summed E-state index contributed by atoms with van der Waals surface area (Å²) in [5, 5.41) is 10.4. The van der Waals surface area contributed by atoms with Gasteiger partial charge in [0, 0.05) is 30.8 Å². The van der Waals surface area contributed by atoms with Crippen molar-refractivity contribution in [1.29, 1.82) is 5.41 Å². The van der Waals surface area contributed by atoms with Crippen LogP contribution in [-0.2, 0) is 0 Å². The van der Waals surface area contributed by atoms with Gasteiger partial charge in [-0.1, -0.05) is 12.1 Å². The molecule has 0 unspecified atom stereocenters. The molecule has 0 spiro atoms. The van der Waals surface area contributed by atoms with E-state index in [2.05, 4.69) is 5.32 Å². The second-order valence-corrected chi connectivity index (χ2v) is 5.12. The summed E-state index contributed by atoms with van der Waals surface area (Å²) in [6.45, 7) is 0. The van der Waals surface area contributed by atoms with Crippen molar-refractivity contribution < 1.29 is 14.0 Å². The van der Waals surface area contributed by atoms with Gasteiger partial charge in [0.2, 0.25) is 0 Å². The number of carbonyl (C=O) groups excluding carboxylic acids is 2. The highest BCUT2D eigenvalue weighted by Gasteiger charge is 2.11. The van der Waals surface area contributed by atoms with Gasteiger partial charge in [-0.3, -0.25) is 15.0 Å². The molecule has 2 aromatic rings. The highest BCUT2D eigenvalue weighted by Crippen LogP contribution is 2.16. The fraction of sp³-hybridized carbons (Fsp3) is 0.118. The molecule has 2 rings (SSSR count). The zero-order valence-corrected chi connectivity index (χ0v) is 12.8. The van der Waals surface area contributed by atoms with Gasteiger partial charge in [0.15, 0.2) is 6.29 Å². The predicted molar refractivity (Wildman–Crippen MR) is 86.7 cm³/mol. The average Bonchev–Trinajstić information content (AvgIpc) is 2.55. The minimum absolute atomic E-state index is 0.0735. The number of carbonyl (C=O) groups is 2. The first kappa shape index (κ1) is 16.4. The maximum atomic E-state index is 13.1. The van der Waals surface area contributed by atoms with E-state index in [0.29, 0.717) is 23.2 Å². The number of halogens is 1. The van der Waals surface area contributed by atoms with Crippen LogP contribution in [0.4, 0.5) is 10.1 Å². The molecule has 0 heterocycles. The van der Waals surface area contributed by atoms with Crippen LogP contribution in [0.5, 0.6) is 0 Å². The Labute approximate surface area is 133 Å². The number of nitrogens with one attached hydrogen (secondary N) is 2. The molecule has 0 aliphatic heterocycles. The molecule has 23 heavy (non-hydrogen) atoms. The van der Waals surface area contributed by atoms with Crippen molar-refractivity contribution in [3.63, 3.8) is 0 Å². The van der Waals surface area contributed by atoms with E-state index in [1.165, 1.54) is 12.1 Å². The van der Waals surface area contributed by atoms with Gasteiger partial charge in [-0.05, 0) is 30.3 Å². The first-order valence-corrected chi connectivity index (χ1v) is 6.84. The van der Waals surface area contributed by atoms with Gasteiger partial charge in [0.1, 0.15) is 11.7 Å². The largest absolute Gasteiger partial charge is 0.363 e. The lowest BCUT2D eigenvalue weighted by molar-refractivity contribution is 0.102. The smallest absolute Gasteiger partial charge is 0.255 e. The summed E-state index contributed by atoms with van der Waals surface area (Å²) in [7, 11) is 3.52. The van der Waals surface area contributed by atoms with Gasteiger partial charge in [0.25, 0.3) is 5.91 Å². The van der Waals surface area contributed by atoms with E-state index in [4.69, 9.17) is 5.41 Å². The van der Waals surface area contributed by atoms with Crippen LogP contribution in [0.15, 0.2) is 42.5 Å². The Bertz CT molecular complexity index is 755. The van der Waals surface area contributed by atoms with Gasteiger partial charge in [-0.25, -0.2) is 4.39 Å². The van der Waals surface area contributed by atoms with Crippen molar-refractivity contribution in [3.05, 3.63) is 65.0 Å². The topological polar surface area (TPSA) is 73.3 Å². The Kier molecular flexibility index (Phi) is 4.85. The molecule has 6 heteroatoms. The number of benzene rings is 2. The van der Waals surface area contributed by atoms with Gasteiger partial charge in [-0.15, -0.1) is 0 Å². The minimum atomic E-state index is -0.545. The molecule has 0 aliphatic rings. The fourth-order valence-electron chi connectivity index (χ4n) is 1.98. The summed E-state index contributed by atoms with van der Waals surface area (Å²) in [6.07, 6.45) is 0.486. The summed E-state index contributed by atoms with van der Waals surface area (Å²) in [5.41, 5.74) is 1.38. The average molecular weight is 313 g/mol. The first-order chi connectivity index (χ1) is 10.9. The van der Waals surface area contributed by atoms with Crippen LogP contribution in [0.2, 0.25) is 0 Å². The molecule has 0 saturated heterocycles. The molecule has 0 fully saturated rings. The van der Waals surface area contributed by atoms with E-state index in [9.17, 15) is 14.0 Å². The monoisotopic (exact) mass is 313 g/mol. The lowest BCUT2D eigenvalue weighted by Crippen LogP contribution is -2.22. The van der Waals surface area contributed by atoms with Crippen LogP contribution in [0, 0.1) is 11.2 Å². The molecule has 0 saturated carbocycles. The number of hydrogen-bond donors (Lipinski definition) is 2. The summed E-state index contributed by atoms with van der Waals surface area (Å²) in [4.78, 5) is 24.8. The molecule has 0 aliphatic carbocycles. The van der Waals surface area contributed by atoms with Crippen LogP contribution in [0.3, 0.4) is 0 Å². The van der Waals surface area contributed by atoms with Crippen molar-refractivity contribution >= 4 is 23.7 Å². The van der Waals surface area contributed by atoms with Gasteiger partial charge in [0.05, 0.1) is 5.69 Å². The van der Waals surface area contributed by atoms with E-state index in [-0.39, 0.29) is 11.3 Å². The molecule has 0 atom stereocenters. The SMILES string of the molecule is CN(C)C(=N)c1ccc(C(=O)Nc2ccc(F)cc2C=O)cc1. The maximum Gasteiger partial charge on any atom is 0.255 e. The third-order valence-electron chi connectivity index (χ3n) is 3.26. The molecule has 1 amide bonds. The highest BCUT2D eigenvalue weighted by atomic mass is 19.1. The summed E-state index contributed by atoms with van der Waals surface area (Å²) < 4.78 is 13.1. The third-order valence-corrected chi connectivity index (χ3v) is 3.26. The van der Waals surface area contributed by atoms with E-state index < -0.39 is 11.7 Å². The summed E-state index contributed by atoms with van der Waals surface area (Å²) >= 11 is 0. The zero-order valence-electron chi connectivity index (χ0n) is 12.8. The van der Waals surface area contributed by atoms with Crippen LogP contribution < -0.4 is 5.32 Å². The van der Waals surface area contributed by atoms with Crippen molar-refractivity contribution in [3.8, 4) is 0 Å². The Morgan fingerprint density at radius 3 is 2.30 bits per heavy atom. The number of amidine groups is 1. The fourth-order valence-corrected chi connectivity index (χ4v) is 1.98. The zero-order chi connectivity index (χ0) is 17.0. The van der Waals surface area contributed by atoms with Crippen molar-refractivity contribution in [2.75, 3.05) is 19.4 Å². The number of nitrogens with zero attached hydrogens (tertiary/aromatic N) is 1. The number of hydrogen-bond acceptors (Lipinski definition) is 3. The summed E-state index contributed by atoms with van der Waals surface area (Å²) in [6, 6.07) is 10.1. The Balaban J connectivity index is 2.18. The van der Waals surface area contributed by atoms with E-state index in [1.54, 1.807) is 43.3 Å². The molecule has 0 bridgehead atoms. The molecule has 5 nitrogen and oxygen atoms in total. The van der Waals surface area contributed by atoms with Gasteiger partial charge >= 0.3 is 0 Å². The highest BCUT2D eigenvalue weighted by molar-refractivity contribution is 6.07. The lowest BCUT2D eigenvalue weighted by Gasteiger charge is -2.14. The van der Waals surface area contributed by atoms with Crippen molar-refractivity contribution in [2.45, 2.75) is 0 Å². The summed E-state index contributed by atoms with van der Waals surface area (Å²) in [5.74, 6) is -0.627. The lowest BCUT2D eigenvalue weighted by atomic mass is 10.1. The Hall–Kier alpha value is -3.02. The maximum absolute atomic E-state index is 13.1.